The SMILES string of the molecule is CCC(C(=O)O)(N(C)C)C12CC3CC(CC(C3)C1)C2. The molecule has 4 aliphatic carbocycles. The molecule has 4 rings (SSSR count). The predicted octanol–water partition coefficient (Wildman–Crippen LogP) is 3.00. The Balaban J connectivity index is 2.04. The van der Waals surface area contributed by atoms with Gasteiger partial charge >= 0.3 is 5.97 Å². The number of rotatable bonds is 4. The Bertz CT molecular complexity index is 355. The fraction of sp³-hybridized carbons (Fsp3) is 0.938. The third-order valence-electron chi connectivity index (χ3n) is 6.54. The molecule has 0 heterocycles. The second-order valence-electron chi connectivity index (χ2n) is 7.61. The summed E-state index contributed by atoms with van der Waals surface area (Å²) < 4.78 is 0. The van der Waals surface area contributed by atoms with Crippen LogP contribution in [-0.4, -0.2) is 35.6 Å². The molecule has 3 nitrogen and oxygen atoms in total. The summed E-state index contributed by atoms with van der Waals surface area (Å²) in [6, 6.07) is 0. The van der Waals surface area contributed by atoms with Crippen molar-refractivity contribution in [2.24, 2.45) is 23.2 Å². The van der Waals surface area contributed by atoms with Gasteiger partial charge in [-0.25, -0.2) is 0 Å². The van der Waals surface area contributed by atoms with E-state index in [1.165, 1.54) is 19.3 Å². The van der Waals surface area contributed by atoms with Gasteiger partial charge in [-0.1, -0.05) is 6.92 Å². The Kier molecular flexibility index (Phi) is 2.97. The molecule has 0 saturated heterocycles. The third kappa shape index (κ3) is 1.63. The van der Waals surface area contributed by atoms with Crippen LogP contribution in [0.15, 0.2) is 0 Å². The van der Waals surface area contributed by atoms with Crippen molar-refractivity contribution < 1.29 is 9.90 Å². The van der Waals surface area contributed by atoms with Crippen LogP contribution in [0.2, 0.25) is 0 Å². The van der Waals surface area contributed by atoms with Gasteiger partial charge in [-0.15, -0.1) is 0 Å². The number of nitrogens with zero attached hydrogens (tertiary/aromatic N) is 1. The Labute approximate surface area is 116 Å². The summed E-state index contributed by atoms with van der Waals surface area (Å²) in [6.07, 6.45) is 8.28. The second-order valence-corrected chi connectivity index (χ2v) is 7.61. The van der Waals surface area contributed by atoms with E-state index in [-0.39, 0.29) is 5.41 Å². The van der Waals surface area contributed by atoms with Crippen molar-refractivity contribution in [2.45, 2.75) is 57.4 Å². The molecule has 0 amide bonds. The number of carboxylic acid groups (broad SMARTS) is 1. The molecule has 0 spiro atoms. The largest absolute Gasteiger partial charge is 0.480 e. The number of likely N-dealkylation sites (N-methyl/N-ethyl adjacent to an activating group) is 1. The molecule has 3 heteroatoms. The topological polar surface area (TPSA) is 40.5 Å². The van der Waals surface area contributed by atoms with Crippen molar-refractivity contribution in [3.63, 3.8) is 0 Å². The van der Waals surface area contributed by atoms with E-state index in [0.29, 0.717) is 0 Å². The summed E-state index contributed by atoms with van der Waals surface area (Å²) in [5, 5.41) is 10.0. The quantitative estimate of drug-likeness (QED) is 0.849. The Morgan fingerprint density at radius 3 is 1.84 bits per heavy atom. The number of carbonyl (C=O) groups is 1. The molecule has 0 aromatic carbocycles. The highest BCUT2D eigenvalue weighted by molar-refractivity contribution is 5.80. The summed E-state index contributed by atoms with van der Waals surface area (Å²) in [6.45, 7) is 2.06. The maximum atomic E-state index is 12.2. The number of aliphatic carboxylic acids is 1. The van der Waals surface area contributed by atoms with Crippen LogP contribution < -0.4 is 0 Å². The van der Waals surface area contributed by atoms with Crippen molar-refractivity contribution in [3.8, 4) is 0 Å². The van der Waals surface area contributed by atoms with Gasteiger partial charge in [-0.2, -0.15) is 0 Å². The van der Waals surface area contributed by atoms with E-state index in [2.05, 4.69) is 6.92 Å². The first-order valence-electron chi connectivity index (χ1n) is 7.84. The highest BCUT2D eigenvalue weighted by Crippen LogP contribution is 2.65. The van der Waals surface area contributed by atoms with E-state index in [1.807, 2.05) is 19.0 Å². The van der Waals surface area contributed by atoms with Crippen LogP contribution in [0.1, 0.15) is 51.9 Å². The van der Waals surface area contributed by atoms with Gasteiger partial charge in [0, 0.05) is 5.41 Å². The fourth-order valence-electron chi connectivity index (χ4n) is 6.35. The minimum atomic E-state index is -0.650. The minimum Gasteiger partial charge on any atom is -0.480 e. The van der Waals surface area contributed by atoms with E-state index >= 15 is 0 Å². The van der Waals surface area contributed by atoms with Crippen LogP contribution >= 0.6 is 0 Å². The average Bonchev–Trinajstić information content (AvgIpc) is 2.26. The smallest absolute Gasteiger partial charge is 0.324 e. The summed E-state index contributed by atoms with van der Waals surface area (Å²) in [5.41, 5.74) is -0.616. The van der Waals surface area contributed by atoms with Gasteiger partial charge in [0.1, 0.15) is 5.54 Å². The normalized spacial score (nSPS) is 43.5. The lowest BCUT2D eigenvalue weighted by Crippen LogP contribution is -2.67. The summed E-state index contributed by atoms with van der Waals surface area (Å²) in [5.74, 6) is 1.81. The summed E-state index contributed by atoms with van der Waals surface area (Å²) in [4.78, 5) is 14.2. The molecule has 0 aromatic rings. The standard InChI is InChI=1S/C16H27NO2/c1-4-16(14(18)19,17(2)3)15-8-11-5-12(9-15)7-13(6-11)10-15/h11-13H,4-10H2,1-3H3,(H,18,19). The molecule has 1 N–H and O–H groups in total. The van der Waals surface area contributed by atoms with Gasteiger partial charge < -0.3 is 5.11 Å². The molecular formula is C16H27NO2. The van der Waals surface area contributed by atoms with E-state index < -0.39 is 11.5 Å². The summed E-state index contributed by atoms with van der Waals surface area (Å²) in [7, 11) is 3.94. The van der Waals surface area contributed by atoms with Gasteiger partial charge in [0.25, 0.3) is 0 Å². The van der Waals surface area contributed by atoms with Gasteiger partial charge in [-0.05, 0) is 76.8 Å². The van der Waals surface area contributed by atoms with Crippen LogP contribution in [0.25, 0.3) is 0 Å². The molecule has 4 aliphatic rings. The van der Waals surface area contributed by atoms with Crippen LogP contribution in [0.3, 0.4) is 0 Å². The van der Waals surface area contributed by atoms with E-state index in [4.69, 9.17) is 0 Å². The molecule has 4 bridgehead atoms. The van der Waals surface area contributed by atoms with E-state index in [9.17, 15) is 9.90 Å². The maximum Gasteiger partial charge on any atom is 0.324 e. The van der Waals surface area contributed by atoms with Crippen molar-refractivity contribution in [1.29, 1.82) is 0 Å². The number of hydrogen-bond acceptors (Lipinski definition) is 2. The highest BCUT2D eigenvalue weighted by Gasteiger charge is 2.63. The molecule has 4 fully saturated rings. The second kappa shape index (κ2) is 4.21. The molecule has 108 valence electrons. The van der Waals surface area contributed by atoms with Gasteiger partial charge in [-0.3, -0.25) is 9.69 Å². The van der Waals surface area contributed by atoms with Crippen LogP contribution in [0.5, 0.6) is 0 Å². The lowest BCUT2D eigenvalue weighted by molar-refractivity contribution is -0.182. The van der Waals surface area contributed by atoms with Crippen LogP contribution in [0, 0.1) is 23.2 Å². The Morgan fingerprint density at radius 1 is 1.16 bits per heavy atom. The van der Waals surface area contributed by atoms with Gasteiger partial charge in [0.2, 0.25) is 0 Å². The summed E-state index contributed by atoms with van der Waals surface area (Å²) >= 11 is 0. The van der Waals surface area contributed by atoms with Gasteiger partial charge in [0.05, 0.1) is 0 Å². The molecule has 1 unspecified atom stereocenters. The van der Waals surface area contributed by atoms with Crippen molar-refractivity contribution in [2.75, 3.05) is 14.1 Å². The first-order valence-corrected chi connectivity index (χ1v) is 7.84. The van der Waals surface area contributed by atoms with Crippen molar-refractivity contribution in [1.82, 2.24) is 4.90 Å². The monoisotopic (exact) mass is 265 g/mol. The zero-order chi connectivity index (χ0) is 13.8. The average molecular weight is 265 g/mol. The Hall–Kier alpha value is -0.570. The van der Waals surface area contributed by atoms with Crippen molar-refractivity contribution >= 4 is 5.97 Å². The zero-order valence-electron chi connectivity index (χ0n) is 12.5. The predicted molar refractivity (Wildman–Crippen MR) is 74.9 cm³/mol. The first kappa shape index (κ1) is 13.4. The fourth-order valence-corrected chi connectivity index (χ4v) is 6.35. The highest BCUT2D eigenvalue weighted by atomic mass is 16.4. The third-order valence-corrected chi connectivity index (χ3v) is 6.54. The van der Waals surface area contributed by atoms with Crippen LogP contribution in [0.4, 0.5) is 0 Å². The molecule has 0 radical (unpaired) electrons. The van der Waals surface area contributed by atoms with Crippen molar-refractivity contribution in [3.05, 3.63) is 0 Å². The minimum absolute atomic E-state index is 0.0336. The number of carboxylic acids is 1. The van der Waals surface area contributed by atoms with Gasteiger partial charge in [0.15, 0.2) is 0 Å². The zero-order valence-corrected chi connectivity index (χ0v) is 12.5. The molecule has 0 aromatic heterocycles. The Morgan fingerprint density at radius 2 is 1.58 bits per heavy atom. The molecule has 19 heavy (non-hydrogen) atoms. The lowest BCUT2D eigenvalue weighted by atomic mass is 9.44. The molecular weight excluding hydrogens is 238 g/mol. The number of hydrogen-bond donors (Lipinski definition) is 1. The molecule has 0 aliphatic heterocycles. The molecule has 1 atom stereocenters. The first-order chi connectivity index (χ1) is 8.93. The maximum absolute atomic E-state index is 12.2. The van der Waals surface area contributed by atoms with E-state index in [0.717, 1.165) is 43.4 Å². The van der Waals surface area contributed by atoms with Crippen LogP contribution in [-0.2, 0) is 4.79 Å². The van der Waals surface area contributed by atoms with E-state index in [1.54, 1.807) is 0 Å². The molecule has 4 saturated carbocycles. The lowest BCUT2D eigenvalue weighted by Gasteiger charge is -2.63.